The SMILES string of the molecule is NCC1CCN(c2n[nH]c(Cc3cccc(Br)c3)n2)CC1. The molecule has 0 aliphatic carbocycles. The van der Waals surface area contributed by atoms with Gasteiger partial charge in [-0.1, -0.05) is 28.1 Å². The fourth-order valence-corrected chi connectivity index (χ4v) is 3.16. The number of halogens is 1. The second-order valence-corrected chi connectivity index (χ2v) is 6.47. The number of aromatic nitrogens is 3. The van der Waals surface area contributed by atoms with Gasteiger partial charge >= 0.3 is 0 Å². The van der Waals surface area contributed by atoms with Crippen LogP contribution >= 0.6 is 15.9 Å². The zero-order chi connectivity index (χ0) is 14.7. The van der Waals surface area contributed by atoms with E-state index in [1.165, 1.54) is 5.56 Å². The number of anilines is 1. The fourth-order valence-electron chi connectivity index (χ4n) is 2.71. The first-order valence-corrected chi connectivity index (χ1v) is 8.14. The number of nitrogens with two attached hydrogens (primary N) is 1. The van der Waals surface area contributed by atoms with E-state index in [0.29, 0.717) is 5.92 Å². The van der Waals surface area contributed by atoms with Gasteiger partial charge in [0.25, 0.3) is 0 Å². The fraction of sp³-hybridized carbons (Fsp3) is 0.467. The van der Waals surface area contributed by atoms with Crippen LogP contribution in [0.1, 0.15) is 24.2 Å². The van der Waals surface area contributed by atoms with E-state index in [2.05, 4.69) is 48.1 Å². The molecule has 1 aromatic heterocycles. The average Bonchev–Trinajstić information content (AvgIpc) is 2.96. The van der Waals surface area contributed by atoms with Gasteiger partial charge in [-0.3, -0.25) is 5.10 Å². The smallest absolute Gasteiger partial charge is 0.244 e. The summed E-state index contributed by atoms with van der Waals surface area (Å²) in [6, 6.07) is 8.26. The van der Waals surface area contributed by atoms with E-state index in [9.17, 15) is 0 Å². The lowest BCUT2D eigenvalue weighted by atomic mass is 9.97. The van der Waals surface area contributed by atoms with Gasteiger partial charge in [0.15, 0.2) is 0 Å². The molecule has 0 amide bonds. The second kappa shape index (κ2) is 6.58. The lowest BCUT2D eigenvalue weighted by Crippen LogP contribution is -2.36. The van der Waals surface area contributed by atoms with Crippen LogP contribution in [0, 0.1) is 5.92 Å². The van der Waals surface area contributed by atoms with Crippen LogP contribution in [-0.4, -0.2) is 34.8 Å². The minimum absolute atomic E-state index is 0.654. The maximum absolute atomic E-state index is 5.73. The van der Waals surface area contributed by atoms with Gasteiger partial charge in [0.2, 0.25) is 5.95 Å². The first-order valence-electron chi connectivity index (χ1n) is 7.35. The van der Waals surface area contributed by atoms with Crippen LogP contribution in [-0.2, 0) is 6.42 Å². The molecule has 2 heterocycles. The molecule has 5 nitrogen and oxygen atoms in total. The highest BCUT2D eigenvalue weighted by molar-refractivity contribution is 9.10. The van der Waals surface area contributed by atoms with Crippen molar-refractivity contribution in [3.8, 4) is 0 Å². The van der Waals surface area contributed by atoms with E-state index >= 15 is 0 Å². The molecule has 112 valence electrons. The summed E-state index contributed by atoms with van der Waals surface area (Å²) in [6.07, 6.45) is 3.03. The van der Waals surface area contributed by atoms with Gasteiger partial charge in [0.05, 0.1) is 0 Å². The Balaban J connectivity index is 1.64. The predicted octanol–water partition coefficient (Wildman–Crippen LogP) is 2.33. The van der Waals surface area contributed by atoms with Gasteiger partial charge in [0.1, 0.15) is 5.82 Å². The minimum atomic E-state index is 0.654. The van der Waals surface area contributed by atoms with Crippen molar-refractivity contribution in [2.75, 3.05) is 24.5 Å². The maximum Gasteiger partial charge on any atom is 0.244 e. The Hall–Kier alpha value is -1.40. The molecule has 0 radical (unpaired) electrons. The van der Waals surface area contributed by atoms with Gasteiger partial charge in [-0.15, -0.1) is 5.10 Å². The quantitative estimate of drug-likeness (QED) is 0.888. The molecule has 3 N–H and O–H groups in total. The summed E-state index contributed by atoms with van der Waals surface area (Å²) < 4.78 is 1.09. The van der Waals surface area contributed by atoms with Crippen LogP contribution in [0.3, 0.4) is 0 Å². The van der Waals surface area contributed by atoms with Crippen molar-refractivity contribution < 1.29 is 0 Å². The summed E-state index contributed by atoms with van der Waals surface area (Å²) in [4.78, 5) is 6.87. The van der Waals surface area contributed by atoms with Crippen LogP contribution in [0.2, 0.25) is 0 Å². The first kappa shape index (κ1) is 14.5. The van der Waals surface area contributed by atoms with Crippen molar-refractivity contribution in [1.82, 2.24) is 15.2 Å². The Morgan fingerprint density at radius 2 is 2.14 bits per heavy atom. The van der Waals surface area contributed by atoms with Crippen LogP contribution < -0.4 is 10.6 Å². The van der Waals surface area contributed by atoms with Crippen LogP contribution in [0.15, 0.2) is 28.7 Å². The number of hydrogen-bond acceptors (Lipinski definition) is 4. The molecule has 3 rings (SSSR count). The van der Waals surface area contributed by atoms with Crippen molar-refractivity contribution in [2.24, 2.45) is 11.7 Å². The van der Waals surface area contributed by atoms with E-state index in [4.69, 9.17) is 5.73 Å². The molecule has 2 aromatic rings. The van der Waals surface area contributed by atoms with Crippen LogP contribution in [0.4, 0.5) is 5.95 Å². The van der Waals surface area contributed by atoms with Gasteiger partial charge in [0, 0.05) is 24.0 Å². The van der Waals surface area contributed by atoms with E-state index in [-0.39, 0.29) is 0 Å². The number of H-pyrrole nitrogens is 1. The van der Waals surface area contributed by atoms with Crippen molar-refractivity contribution in [2.45, 2.75) is 19.3 Å². The molecule has 1 saturated heterocycles. The predicted molar refractivity (Wildman–Crippen MR) is 87.3 cm³/mol. The standard InChI is InChI=1S/C15H20BrN5/c16-13-3-1-2-12(8-13)9-14-18-15(20-19-14)21-6-4-11(10-17)5-7-21/h1-3,8,11H,4-7,9-10,17H2,(H,18,19,20). The van der Waals surface area contributed by atoms with Crippen LogP contribution in [0.25, 0.3) is 0 Å². The molecular formula is C15H20BrN5. The number of piperidine rings is 1. The topological polar surface area (TPSA) is 70.8 Å². The third-order valence-corrected chi connectivity index (χ3v) is 4.50. The van der Waals surface area contributed by atoms with E-state index in [1.54, 1.807) is 0 Å². The third kappa shape index (κ3) is 3.63. The summed E-state index contributed by atoms with van der Waals surface area (Å²) in [6.45, 7) is 2.78. The Labute approximate surface area is 133 Å². The number of rotatable bonds is 4. The molecule has 0 atom stereocenters. The van der Waals surface area contributed by atoms with Gasteiger partial charge in [-0.2, -0.15) is 4.98 Å². The zero-order valence-corrected chi connectivity index (χ0v) is 13.5. The minimum Gasteiger partial charge on any atom is -0.340 e. The van der Waals surface area contributed by atoms with E-state index in [1.807, 2.05) is 12.1 Å². The number of benzene rings is 1. The highest BCUT2D eigenvalue weighted by atomic mass is 79.9. The van der Waals surface area contributed by atoms with Gasteiger partial charge < -0.3 is 10.6 Å². The highest BCUT2D eigenvalue weighted by Gasteiger charge is 2.20. The van der Waals surface area contributed by atoms with Gasteiger partial charge in [-0.25, -0.2) is 0 Å². The molecule has 6 heteroatoms. The normalized spacial score (nSPS) is 16.4. The summed E-state index contributed by atoms with van der Waals surface area (Å²) in [5, 5.41) is 7.41. The molecule has 1 aliphatic heterocycles. The highest BCUT2D eigenvalue weighted by Crippen LogP contribution is 2.20. The lowest BCUT2D eigenvalue weighted by molar-refractivity contribution is 0.411. The zero-order valence-electron chi connectivity index (χ0n) is 11.9. The molecule has 1 aliphatic rings. The molecule has 21 heavy (non-hydrogen) atoms. The molecule has 0 unspecified atom stereocenters. The summed E-state index contributed by atoms with van der Waals surface area (Å²) in [7, 11) is 0. The lowest BCUT2D eigenvalue weighted by Gasteiger charge is -2.30. The average molecular weight is 350 g/mol. The molecule has 0 saturated carbocycles. The molecule has 0 spiro atoms. The molecule has 0 bridgehead atoms. The monoisotopic (exact) mass is 349 g/mol. The summed E-state index contributed by atoms with van der Waals surface area (Å²) in [5.41, 5.74) is 6.95. The maximum atomic E-state index is 5.73. The molecule has 1 fully saturated rings. The third-order valence-electron chi connectivity index (χ3n) is 4.01. The molecule has 1 aromatic carbocycles. The van der Waals surface area contributed by atoms with Crippen LogP contribution in [0.5, 0.6) is 0 Å². The van der Waals surface area contributed by atoms with E-state index in [0.717, 1.165) is 55.1 Å². The Morgan fingerprint density at radius 3 is 2.86 bits per heavy atom. The number of nitrogens with zero attached hydrogens (tertiary/aromatic N) is 3. The Kier molecular flexibility index (Phi) is 4.55. The first-order chi connectivity index (χ1) is 10.2. The van der Waals surface area contributed by atoms with Crippen molar-refractivity contribution in [3.63, 3.8) is 0 Å². The summed E-state index contributed by atoms with van der Waals surface area (Å²) >= 11 is 3.49. The Morgan fingerprint density at radius 1 is 1.33 bits per heavy atom. The number of hydrogen-bond donors (Lipinski definition) is 2. The summed E-state index contributed by atoms with van der Waals surface area (Å²) in [5.74, 6) is 2.38. The largest absolute Gasteiger partial charge is 0.340 e. The Bertz CT molecular complexity index is 589. The second-order valence-electron chi connectivity index (χ2n) is 5.55. The van der Waals surface area contributed by atoms with Gasteiger partial charge in [-0.05, 0) is 43.0 Å². The number of nitrogens with one attached hydrogen (secondary N) is 1. The van der Waals surface area contributed by atoms with Crippen molar-refractivity contribution in [1.29, 1.82) is 0 Å². The van der Waals surface area contributed by atoms with E-state index < -0.39 is 0 Å². The van der Waals surface area contributed by atoms with Crippen molar-refractivity contribution >= 4 is 21.9 Å². The molecular weight excluding hydrogens is 330 g/mol. The number of aromatic amines is 1. The van der Waals surface area contributed by atoms with Crippen molar-refractivity contribution in [3.05, 3.63) is 40.1 Å².